The summed E-state index contributed by atoms with van der Waals surface area (Å²) < 4.78 is 77.9. The largest absolute Gasteiger partial charge is 0.490 e. The van der Waals surface area contributed by atoms with E-state index in [2.05, 4.69) is 42.9 Å². The highest BCUT2D eigenvalue weighted by Gasteiger charge is 2.38. The zero-order valence-corrected chi connectivity index (χ0v) is 20.4. The fourth-order valence-corrected chi connectivity index (χ4v) is 3.91. The Balaban J connectivity index is 0.000000470. The third-order valence-electron chi connectivity index (χ3n) is 5.88. The van der Waals surface area contributed by atoms with Crippen LogP contribution in [0.5, 0.6) is 0 Å². The van der Waals surface area contributed by atoms with Gasteiger partial charge in [-0.3, -0.25) is 4.98 Å². The fourth-order valence-electron chi connectivity index (χ4n) is 3.91. The van der Waals surface area contributed by atoms with Crippen LogP contribution in [0.15, 0.2) is 47.1 Å². The Morgan fingerprint density at radius 1 is 1.12 bits per heavy atom. The number of alkyl halides is 5. The van der Waals surface area contributed by atoms with E-state index >= 15 is 0 Å². The Bertz CT molecular complexity index is 1450. The summed E-state index contributed by atoms with van der Waals surface area (Å²) in [6.07, 6.45) is -2.75. The monoisotopic (exact) mass is 569 g/mol. The van der Waals surface area contributed by atoms with Crippen LogP contribution in [0.3, 0.4) is 0 Å². The van der Waals surface area contributed by atoms with Gasteiger partial charge in [0, 0.05) is 11.8 Å². The Hall–Kier alpha value is -4.34. The van der Waals surface area contributed by atoms with Gasteiger partial charge in [-0.25, -0.2) is 13.9 Å². The summed E-state index contributed by atoms with van der Waals surface area (Å²) in [7, 11) is 0. The summed E-state index contributed by atoms with van der Waals surface area (Å²) >= 11 is 0. The summed E-state index contributed by atoms with van der Waals surface area (Å²) in [5.41, 5.74) is 3.15. The average Bonchev–Trinajstić information content (AvgIpc) is 3.61. The van der Waals surface area contributed by atoms with E-state index < -0.39 is 30.3 Å². The van der Waals surface area contributed by atoms with Gasteiger partial charge in [-0.1, -0.05) is 23.4 Å². The lowest BCUT2D eigenvalue weighted by Crippen LogP contribution is -2.26. The van der Waals surface area contributed by atoms with Crippen LogP contribution in [0.2, 0.25) is 0 Å². The molecule has 0 radical (unpaired) electrons. The quantitative estimate of drug-likeness (QED) is 0.320. The van der Waals surface area contributed by atoms with Gasteiger partial charge >= 0.3 is 18.6 Å². The average molecular weight is 569 g/mol. The van der Waals surface area contributed by atoms with E-state index in [0.29, 0.717) is 11.6 Å². The second kappa shape index (κ2) is 12.2. The minimum atomic E-state index is -5.08. The topological polar surface area (TPSA) is 132 Å². The molecule has 1 fully saturated rings. The number of hydrogen-bond donors (Lipinski definition) is 2. The van der Waals surface area contributed by atoms with E-state index in [1.54, 1.807) is 6.20 Å². The van der Waals surface area contributed by atoms with Crippen molar-refractivity contribution in [3.8, 4) is 22.7 Å². The molecule has 0 bridgehead atoms. The SMILES string of the molecule is Fc1cc(-c2nnc(C(F)F)o2)cnc1Cn1cc(-c2cccc(C3CCNCC3)c2)nn1.O=C(O)C(F)(F)F. The highest BCUT2D eigenvalue weighted by molar-refractivity contribution is 5.73. The van der Waals surface area contributed by atoms with Gasteiger partial charge in [-0.2, -0.15) is 22.0 Å². The molecule has 1 saturated heterocycles. The number of pyridine rings is 1. The first-order chi connectivity index (χ1) is 19.0. The van der Waals surface area contributed by atoms with E-state index in [9.17, 15) is 26.3 Å². The molecule has 5 rings (SSSR count). The maximum Gasteiger partial charge on any atom is 0.490 e. The van der Waals surface area contributed by atoms with Crippen molar-refractivity contribution in [2.45, 2.75) is 37.9 Å². The van der Waals surface area contributed by atoms with Crippen LogP contribution in [-0.4, -0.2) is 60.5 Å². The molecule has 10 nitrogen and oxygen atoms in total. The van der Waals surface area contributed by atoms with Crippen LogP contribution >= 0.6 is 0 Å². The Kier molecular flexibility index (Phi) is 8.77. The van der Waals surface area contributed by atoms with Gasteiger partial charge in [0.15, 0.2) is 0 Å². The first kappa shape index (κ1) is 28.7. The lowest BCUT2D eigenvalue weighted by atomic mass is 9.89. The number of hydrogen-bond acceptors (Lipinski definition) is 8. The van der Waals surface area contributed by atoms with E-state index in [1.165, 1.54) is 16.4 Å². The Morgan fingerprint density at radius 3 is 2.48 bits per heavy atom. The van der Waals surface area contributed by atoms with Crippen LogP contribution in [0.1, 0.15) is 42.3 Å². The number of carbonyl (C=O) groups is 1. The predicted molar refractivity (Wildman–Crippen MR) is 126 cm³/mol. The molecule has 212 valence electrons. The van der Waals surface area contributed by atoms with Gasteiger partial charge in [-0.05, 0) is 49.5 Å². The van der Waals surface area contributed by atoms with Gasteiger partial charge in [0.2, 0.25) is 5.89 Å². The van der Waals surface area contributed by atoms with Crippen molar-refractivity contribution in [1.82, 2.24) is 35.5 Å². The van der Waals surface area contributed by atoms with Crippen molar-refractivity contribution in [2.24, 2.45) is 0 Å². The van der Waals surface area contributed by atoms with Gasteiger partial charge < -0.3 is 14.8 Å². The smallest absolute Gasteiger partial charge is 0.475 e. The number of nitrogens with one attached hydrogen (secondary N) is 1. The van der Waals surface area contributed by atoms with Gasteiger partial charge in [0.25, 0.3) is 5.89 Å². The number of aliphatic carboxylic acids is 1. The molecule has 4 aromatic rings. The van der Waals surface area contributed by atoms with Gasteiger partial charge in [-0.15, -0.1) is 15.3 Å². The van der Waals surface area contributed by atoms with Crippen molar-refractivity contribution in [2.75, 3.05) is 13.1 Å². The molecule has 0 spiro atoms. The number of halogens is 6. The Morgan fingerprint density at radius 2 is 1.85 bits per heavy atom. The summed E-state index contributed by atoms with van der Waals surface area (Å²) in [4.78, 5) is 13.0. The molecule has 3 aromatic heterocycles. The second-order valence-electron chi connectivity index (χ2n) is 8.65. The zero-order chi connectivity index (χ0) is 28.9. The number of carboxylic acid groups (broad SMARTS) is 1. The lowest BCUT2D eigenvalue weighted by molar-refractivity contribution is -0.192. The molecule has 1 aliphatic heterocycles. The summed E-state index contributed by atoms with van der Waals surface area (Å²) in [5, 5.41) is 25.6. The minimum absolute atomic E-state index is 0.0548. The maximum absolute atomic E-state index is 14.6. The number of nitrogens with zero attached hydrogens (tertiary/aromatic N) is 6. The van der Waals surface area contributed by atoms with Crippen LogP contribution in [0.4, 0.5) is 26.3 Å². The van der Waals surface area contributed by atoms with E-state index in [-0.39, 0.29) is 23.7 Å². The molecule has 0 atom stereocenters. The van der Waals surface area contributed by atoms with E-state index in [1.807, 2.05) is 12.1 Å². The molecule has 1 aromatic carbocycles. The molecular weight excluding hydrogens is 548 g/mol. The van der Waals surface area contributed by atoms with Crippen LogP contribution < -0.4 is 5.32 Å². The molecule has 0 amide bonds. The molecule has 1 aliphatic rings. The molecule has 0 saturated carbocycles. The first-order valence-electron chi connectivity index (χ1n) is 11.8. The highest BCUT2D eigenvalue weighted by Crippen LogP contribution is 2.29. The fraction of sp³-hybridized carbons (Fsp3) is 0.333. The lowest BCUT2D eigenvalue weighted by Gasteiger charge is -2.23. The number of benzene rings is 1. The predicted octanol–water partition coefficient (Wildman–Crippen LogP) is 4.62. The minimum Gasteiger partial charge on any atom is -0.475 e. The molecule has 40 heavy (non-hydrogen) atoms. The number of aromatic nitrogens is 6. The summed E-state index contributed by atoms with van der Waals surface area (Å²) in [6, 6.07) is 9.38. The zero-order valence-electron chi connectivity index (χ0n) is 20.4. The van der Waals surface area contributed by atoms with E-state index in [4.69, 9.17) is 14.3 Å². The molecule has 2 N–H and O–H groups in total. The molecule has 0 aliphatic carbocycles. The Labute approximate surface area is 222 Å². The molecule has 4 heterocycles. The summed E-state index contributed by atoms with van der Waals surface area (Å²) in [6.45, 7) is 2.09. The number of carboxylic acids is 1. The standard InChI is InChI=1S/C22H20F3N7O.C2HF3O2/c23-17-9-16(21-29-30-22(33-21)20(24)25)10-27-19(17)12-32-11-18(28-31-32)15-3-1-2-14(8-15)13-4-6-26-7-5-13;3-2(4,5)1(6)7/h1-3,8-11,13,20,26H,4-7,12H2;(H,6,7). The third-order valence-corrected chi connectivity index (χ3v) is 5.88. The van der Waals surface area contributed by atoms with Gasteiger partial charge in [0.05, 0.1) is 24.0 Å². The third kappa shape index (κ3) is 7.19. The number of rotatable bonds is 6. The normalized spacial score (nSPS) is 14.2. The van der Waals surface area contributed by atoms with Crippen molar-refractivity contribution in [3.63, 3.8) is 0 Å². The van der Waals surface area contributed by atoms with Crippen molar-refractivity contribution >= 4 is 5.97 Å². The van der Waals surface area contributed by atoms with Gasteiger partial charge in [0.1, 0.15) is 11.5 Å². The maximum atomic E-state index is 14.6. The van der Waals surface area contributed by atoms with E-state index in [0.717, 1.165) is 37.6 Å². The van der Waals surface area contributed by atoms with Crippen molar-refractivity contribution in [1.29, 1.82) is 0 Å². The summed E-state index contributed by atoms with van der Waals surface area (Å²) in [5.74, 6) is -3.93. The van der Waals surface area contributed by atoms with Crippen molar-refractivity contribution in [3.05, 3.63) is 65.7 Å². The second-order valence-corrected chi connectivity index (χ2v) is 8.65. The van der Waals surface area contributed by atoms with Crippen LogP contribution in [0.25, 0.3) is 22.7 Å². The van der Waals surface area contributed by atoms with Crippen LogP contribution in [0, 0.1) is 5.82 Å². The number of piperidine rings is 1. The molecular formula is C24H21F6N7O3. The molecule has 0 unspecified atom stereocenters. The molecule has 16 heteroatoms. The highest BCUT2D eigenvalue weighted by atomic mass is 19.4. The van der Waals surface area contributed by atoms with Crippen LogP contribution in [-0.2, 0) is 11.3 Å². The van der Waals surface area contributed by atoms with Crippen molar-refractivity contribution < 1.29 is 40.7 Å². The first-order valence-corrected chi connectivity index (χ1v) is 11.8.